The highest BCUT2D eigenvalue weighted by molar-refractivity contribution is 5.95. The predicted octanol–water partition coefficient (Wildman–Crippen LogP) is 8.96. The molecule has 8 bridgehead atoms. The minimum atomic E-state index is -1.22. The number of fused-ring (bicyclic) bond motifs is 8. The summed E-state index contributed by atoms with van der Waals surface area (Å²) in [6.45, 7) is -1.58. The van der Waals surface area contributed by atoms with E-state index in [-0.39, 0.29) is 0 Å². The molecule has 7 aromatic rings. The van der Waals surface area contributed by atoms with Gasteiger partial charge in [-0.3, -0.25) is 29.3 Å². The zero-order valence-electron chi connectivity index (χ0n) is 33.2. The SMILES string of the molecule is O=C(O)CN(CC(=O)O)CC(=O)Nc1cccc(-c2c3nc(c(-c4ccccc4)c4ccc([nH]4)c(-c4ccccc4)c4nc(c(-c5ccccc5)c5ccc2[nH]5)CC4)CC3)c1. The van der Waals surface area contributed by atoms with Gasteiger partial charge >= 0.3 is 11.9 Å². The number of rotatable bonds is 11. The van der Waals surface area contributed by atoms with Crippen molar-refractivity contribution < 1.29 is 24.6 Å². The van der Waals surface area contributed by atoms with Gasteiger partial charge in [-0.2, -0.15) is 0 Å². The van der Waals surface area contributed by atoms with Crippen LogP contribution in [0.2, 0.25) is 0 Å². The van der Waals surface area contributed by atoms with Crippen LogP contribution in [-0.4, -0.2) is 72.5 Å². The van der Waals surface area contributed by atoms with Crippen LogP contribution in [0.25, 0.3) is 66.6 Å². The minimum Gasteiger partial charge on any atom is -0.480 e. The summed E-state index contributed by atoms with van der Waals surface area (Å²) in [6, 6.07) is 47.0. The molecule has 0 radical (unpaired) electrons. The summed E-state index contributed by atoms with van der Waals surface area (Å²) < 4.78 is 0. The quantitative estimate of drug-likeness (QED) is 0.0865. The maximum absolute atomic E-state index is 13.2. The second-order valence-corrected chi connectivity index (χ2v) is 15.2. The maximum atomic E-state index is 13.2. The Morgan fingerprint density at radius 3 is 1.21 bits per heavy atom. The average molecular weight is 807 g/mol. The standard InChI is InChI=1S/C50H42N6O5/c57-44(28-56(29-45(58)59)30-46(60)61)51-35-18-10-17-34(27-35)50-42-25-23-40(54-42)48(32-13-6-2-7-14-32)38-21-19-36(52-38)47(31-11-4-1-5-12-31)37-20-22-39(53-37)49(33-15-8-3-9-16-33)41-24-26-43(50)55-41/h1-19,21,24,26-27,52,55H,20,22-23,25,28-30H2,(H,51,57)(H,58,59)(H,60,61). The minimum absolute atomic E-state index is 0.408. The molecular formula is C50H42N6O5. The van der Waals surface area contributed by atoms with E-state index in [2.05, 4.69) is 88.1 Å². The van der Waals surface area contributed by atoms with Gasteiger partial charge in [0.05, 0.1) is 42.4 Å². The van der Waals surface area contributed by atoms with Gasteiger partial charge in [0, 0.05) is 50.0 Å². The van der Waals surface area contributed by atoms with Gasteiger partial charge in [-0.05, 0) is 84.3 Å². The number of amides is 1. The second kappa shape index (κ2) is 16.9. The van der Waals surface area contributed by atoms with Crippen LogP contribution in [0.4, 0.5) is 5.69 Å². The first kappa shape index (κ1) is 38.9. The summed E-state index contributed by atoms with van der Waals surface area (Å²) >= 11 is 0. The Hall–Kier alpha value is -7.63. The van der Waals surface area contributed by atoms with Crippen LogP contribution in [0.1, 0.15) is 22.8 Å². The normalized spacial score (nSPS) is 12.3. The molecule has 4 aromatic carbocycles. The Morgan fingerprint density at radius 1 is 0.475 bits per heavy atom. The van der Waals surface area contributed by atoms with Crippen molar-refractivity contribution in [3.05, 3.63) is 162 Å². The zero-order chi connectivity index (χ0) is 41.9. The van der Waals surface area contributed by atoms with Gasteiger partial charge in [-0.15, -0.1) is 0 Å². The van der Waals surface area contributed by atoms with E-state index in [0.29, 0.717) is 18.5 Å². The zero-order valence-corrected chi connectivity index (χ0v) is 33.2. The number of aromatic amines is 2. The van der Waals surface area contributed by atoms with Crippen LogP contribution >= 0.6 is 0 Å². The molecule has 302 valence electrons. The van der Waals surface area contributed by atoms with Crippen LogP contribution in [0.3, 0.4) is 0 Å². The van der Waals surface area contributed by atoms with Crippen molar-refractivity contribution in [2.45, 2.75) is 25.7 Å². The van der Waals surface area contributed by atoms with Crippen molar-refractivity contribution in [3.63, 3.8) is 0 Å². The third-order valence-corrected chi connectivity index (χ3v) is 11.0. The molecule has 0 saturated heterocycles. The second-order valence-electron chi connectivity index (χ2n) is 15.2. The summed E-state index contributed by atoms with van der Waals surface area (Å²) in [4.78, 5) is 55.6. The van der Waals surface area contributed by atoms with Gasteiger partial charge in [0.2, 0.25) is 5.91 Å². The van der Waals surface area contributed by atoms with Gasteiger partial charge in [0.25, 0.3) is 0 Å². The van der Waals surface area contributed by atoms with E-state index < -0.39 is 37.5 Å². The van der Waals surface area contributed by atoms with Crippen molar-refractivity contribution in [2.75, 3.05) is 25.0 Å². The summed E-state index contributed by atoms with van der Waals surface area (Å²) in [6.07, 6.45) is 2.85. The number of nitrogens with one attached hydrogen (secondary N) is 3. The molecule has 1 amide bonds. The number of nitrogens with zero attached hydrogens (tertiary/aromatic N) is 3. The molecule has 9 rings (SSSR count). The lowest BCUT2D eigenvalue weighted by Gasteiger charge is -2.17. The maximum Gasteiger partial charge on any atom is 0.317 e. The van der Waals surface area contributed by atoms with Gasteiger partial charge < -0.3 is 25.5 Å². The highest BCUT2D eigenvalue weighted by atomic mass is 16.4. The van der Waals surface area contributed by atoms with E-state index in [1.807, 2.05) is 60.7 Å². The van der Waals surface area contributed by atoms with E-state index >= 15 is 0 Å². The van der Waals surface area contributed by atoms with Gasteiger partial charge in [-0.1, -0.05) is 103 Å². The molecule has 0 saturated carbocycles. The first-order valence-corrected chi connectivity index (χ1v) is 20.3. The van der Waals surface area contributed by atoms with Crippen molar-refractivity contribution in [1.82, 2.24) is 24.8 Å². The summed E-state index contributed by atoms with van der Waals surface area (Å²) in [5.41, 5.74) is 15.9. The van der Waals surface area contributed by atoms with Crippen LogP contribution in [-0.2, 0) is 40.1 Å². The molecule has 11 heteroatoms. The van der Waals surface area contributed by atoms with Gasteiger partial charge in [0.1, 0.15) is 0 Å². The molecule has 2 aliphatic rings. The number of aryl methyl sites for hydroxylation is 4. The predicted molar refractivity (Wildman–Crippen MR) is 238 cm³/mol. The lowest BCUT2D eigenvalue weighted by atomic mass is 10.0. The fourth-order valence-corrected chi connectivity index (χ4v) is 8.55. The third-order valence-electron chi connectivity index (χ3n) is 11.0. The van der Waals surface area contributed by atoms with Crippen LogP contribution < -0.4 is 5.32 Å². The third kappa shape index (κ3) is 8.32. The van der Waals surface area contributed by atoms with Gasteiger partial charge in [0.15, 0.2) is 0 Å². The Balaban J connectivity index is 1.30. The molecule has 0 spiro atoms. The number of H-pyrrole nitrogens is 2. The van der Waals surface area contributed by atoms with Crippen molar-refractivity contribution in [2.24, 2.45) is 0 Å². The van der Waals surface area contributed by atoms with E-state index in [0.717, 1.165) is 107 Å². The number of hydrogen-bond acceptors (Lipinski definition) is 6. The van der Waals surface area contributed by atoms with E-state index in [1.165, 1.54) is 0 Å². The smallest absolute Gasteiger partial charge is 0.317 e. The summed E-state index contributed by atoms with van der Waals surface area (Å²) in [5.74, 6) is -2.98. The van der Waals surface area contributed by atoms with Gasteiger partial charge in [-0.25, -0.2) is 0 Å². The largest absolute Gasteiger partial charge is 0.480 e. The molecule has 3 aromatic heterocycles. The number of hydrogen-bond donors (Lipinski definition) is 5. The molecule has 5 heterocycles. The van der Waals surface area contributed by atoms with Crippen LogP contribution in [0.5, 0.6) is 0 Å². The number of benzene rings is 4. The van der Waals surface area contributed by atoms with Crippen LogP contribution in [0.15, 0.2) is 140 Å². The Labute approximate surface area is 351 Å². The van der Waals surface area contributed by atoms with Crippen molar-refractivity contribution >= 4 is 45.6 Å². The molecule has 0 unspecified atom stereocenters. The first-order valence-electron chi connectivity index (χ1n) is 20.3. The van der Waals surface area contributed by atoms with Crippen molar-refractivity contribution in [1.29, 1.82) is 0 Å². The highest BCUT2D eigenvalue weighted by Gasteiger charge is 2.23. The monoisotopic (exact) mass is 806 g/mol. The summed E-state index contributed by atoms with van der Waals surface area (Å²) in [7, 11) is 0. The van der Waals surface area contributed by atoms with E-state index in [9.17, 15) is 24.6 Å². The number of aliphatic carboxylic acids is 2. The fourth-order valence-electron chi connectivity index (χ4n) is 8.55. The molecule has 11 nitrogen and oxygen atoms in total. The lowest BCUT2D eigenvalue weighted by molar-refractivity contribution is -0.142. The first-order chi connectivity index (χ1) is 29.8. The molecule has 0 atom stereocenters. The molecule has 61 heavy (non-hydrogen) atoms. The van der Waals surface area contributed by atoms with E-state index in [1.54, 1.807) is 6.07 Å². The molecule has 2 aliphatic heterocycles. The fraction of sp³-hybridized carbons (Fsp3) is 0.140. The highest BCUT2D eigenvalue weighted by Crippen LogP contribution is 2.38. The molecule has 5 N–H and O–H groups in total. The average Bonchev–Trinajstić information content (AvgIpc) is 4.10. The molecular weight excluding hydrogens is 765 g/mol. The van der Waals surface area contributed by atoms with E-state index in [4.69, 9.17) is 9.97 Å². The van der Waals surface area contributed by atoms with Crippen molar-refractivity contribution in [3.8, 4) is 44.5 Å². The number of aromatic nitrogens is 4. The number of carboxylic acid groups (broad SMARTS) is 2. The number of anilines is 1. The number of carbonyl (C=O) groups is 3. The topological polar surface area (TPSA) is 164 Å². The van der Waals surface area contributed by atoms with Crippen LogP contribution in [0, 0.1) is 0 Å². The Bertz CT molecular complexity index is 2910. The number of carboxylic acids is 2. The number of carbonyl (C=O) groups excluding carboxylic acids is 1. The summed E-state index contributed by atoms with van der Waals surface area (Å²) in [5, 5.41) is 21.5. The molecule has 0 aliphatic carbocycles. The lowest BCUT2D eigenvalue weighted by Crippen LogP contribution is -2.40. The molecule has 0 fully saturated rings. The Morgan fingerprint density at radius 2 is 0.836 bits per heavy atom. The Kier molecular flexibility index (Phi) is 10.8.